The van der Waals surface area contributed by atoms with Gasteiger partial charge in [-0.3, -0.25) is 14.9 Å². The van der Waals surface area contributed by atoms with Crippen molar-refractivity contribution in [2.75, 3.05) is 36.4 Å². The first-order valence-corrected chi connectivity index (χ1v) is 12.1. The highest BCUT2D eigenvalue weighted by molar-refractivity contribution is 6.01. The van der Waals surface area contributed by atoms with Gasteiger partial charge in [-0.15, -0.1) is 0 Å². The molecule has 180 valence electrons. The zero-order valence-corrected chi connectivity index (χ0v) is 20.0. The minimum Gasteiger partial charge on any atom is -0.444 e. The van der Waals surface area contributed by atoms with Crippen molar-refractivity contribution in [3.8, 4) is 0 Å². The fraction of sp³-hybridized carbons (Fsp3) is 0.640. The monoisotopic (exact) mass is 456 g/mol. The van der Waals surface area contributed by atoms with Gasteiger partial charge in [-0.05, 0) is 82.6 Å². The maximum atomic E-state index is 12.4. The summed E-state index contributed by atoms with van der Waals surface area (Å²) in [4.78, 5) is 39.9. The molecular weight excluding hydrogens is 420 g/mol. The second kappa shape index (κ2) is 9.23. The third kappa shape index (κ3) is 5.78. The number of ether oxygens (including phenoxy) is 1. The number of anilines is 2. The Bertz CT molecular complexity index is 875. The number of nitrogens with one attached hydrogen (secondary N) is 2. The number of rotatable bonds is 3. The van der Waals surface area contributed by atoms with Gasteiger partial charge in [0, 0.05) is 44.0 Å². The Morgan fingerprint density at radius 3 is 2.21 bits per heavy atom. The lowest BCUT2D eigenvalue weighted by atomic mass is 9.71. The first-order valence-electron chi connectivity index (χ1n) is 12.1. The predicted molar refractivity (Wildman–Crippen MR) is 127 cm³/mol. The Labute approximate surface area is 196 Å². The van der Waals surface area contributed by atoms with Gasteiger partial charge < -0.3 is 19.9 Å². The lowest BCUT2D eigenvalue weighted by Crippen LogP contribution is -2.49. The van der Waals surface area contributed by atoms with E-state index in [9.17, 15) is 14.4 Å². The third-order valence-electron chi connectivity index (χ3n) is 7.11. The number of hydrogen-bond donors (Lipinski definition) is 2. The van der Waals surface area contributed by atoms with Crippen molar-refractivity contribution in [1.82, 2.24) is 10.2 Å². The highest BCUT2D eigenvalue weighted by Gasteiger charge is 2.39. The van der Waals surface area contributed by atoms with E-state index in [4.69, 9.17) is 4.74 Å². The van der Waals surface area contributed by atoms with E-state index >= 15 is 0 Å². The summed E-state index contributed by atoms with van der Waals surface area (Å²) >= 11 is 0. The minimum absolute atomic E-state index is 0.194. The smallest absolute Gasteiger partial charge is 0.410 e. The average Bonchev–Trinajstić information content (AvgIpc) is 2.76. The largest absolute Gasteiger partial charge is 0.444 e. The molecule has 33 heavy (non-hydrogen) atoms. The molecule has 4 rings (SSSR count). The maximum Gasteiger partial charge on any atom is 0.410 e. The molecule has 0 aliphatic carbocycles. The molecule has 3 amide bonds. The van der Waals surface area contributed by atoms with Gasteiger partial charge in [0.2, 0.25) is 11.8 Å². The van der Waals surface area contributed by atoms with Crippen LogP contribution in [0.25, 0.3) is 0 Å². The molecule has 8 heteroatoms. The van der Waals surface area contributed by atoms with Crippen molar-refractivity contribution < 1.29 is 19.1 Å². The SMILES string of the molecule is CC(C)(C)OC(=O)N1CCC2(CC1)CCN(c1ccc(NC3CCC(=O)NC3=O)cc1)CC2. The first-order chi connectivity index (χ1) is 15.6. The van der Waals surface area contributed by atoms with Crippen LogP contribution in [0.4, 0.5) is 16.2 Å². The summed E-state index contributed by atoms with van der Waals surface area (Å²) in [5.74, 6) is -0.457. The molecule has 3 heterocycles. The van der Waals surface area contributed by atoms with Crippen molar-refractivity contribution in [2.24, 2.45) is 5.41 Å². The van der Waals surface area contributed by atoms with Gasteiger partial charge in [-0.2, -0.15) is 0 Å². The van der Waals surface area contributed by atoms with Crippen LogP contribution in [-0.4, -0.2) is 60.6 Å². The average molecular weight is 457 g/mol. The first kappa shape index (κ1) is 23.4. The molecule has 3 aliphatic heterocycles. The van der Waals surface area contributed by atoms with Gasteiger partial charge in [-0.25, -0.2) is 4.79 Å². The molecular formula is C25H36N4O4. The molecule has 3 aliphatic rings. The van der Waals surface area contributed by atoms with Gasteiger partial charge in [-0.1, -0.05) is 0 Å². The zero-order valence-electron chi connectivity index (χ0n) is 20.0. The van der Waals surface area contributed by atoms with Crippen LogP contribution in [0.3, 0.4) is 0 Å². The summed E-state index contributed by atoms with van der Waals surface area (Å²) in [6.07, 6.45) is 5.03. The number of nitrogens with zero attached hydrogens (tertiary/aromatic N) is 2. The summed E-state index contributed by atoms with van der Waals surface area (Å²) in [5.41, 5.74) is 1.94. The van der Waals surface area contributed by atoms with Crippen molar-refractivity contribution >= 4 is 29.3 Å². The number of hydrogen-bond acceptors (Lipinski definition) is 6. The highest BCUT2D eigenvalue weighted by Crippen LogP contribution is 2.42. The normalized spacial score (nSPS) is 23.3. The van der Waals surface area contributed by atoms with Crippen LogP contribution in [0.15, 0.2) is 24.3 Å². The molecule has 1 aromatic carbocycles. The third-order valence-corrected chi connectivity index (χ3v) is 7.11. The van der Waals surface area contributed by atoms with Crippen LogP contribution in [0, 0.1) is 5.41 Å². The number of benzene rings is 1. The quantitative estimate of drug-likeness (QED) is 0.677. The van der Waals surface area contributed by atoms with Crippen LogP contribution in [-0.2, 0) is 14.3 Å². The van der Waals surface area contributed by atoms with Crippen molar-refractivity contribution in [3.05, 3.63) is 24.3 Å². The van der Waals surface area contributed by atoms with Crippen LogP contribution in [0.2, 0.25) is 0 Å². The number of piperidine rings is 3. The molecule has 8 nitrogen and oxygen atoms in total. The number of carbonyl (C=O) groups excluding carboxylic acids is 3. The fourth-order valence-electron chi connectivity index (χ4n) is 5.03. The van der Waals surface area contributed by atoms with Crippen molar-refractivity contribution in [3.63, 3.8) is 0 Å². The lowest BCUT2D eigenvalue weighted by Gasteiger charge is -2.47. The van der Waals surface area contributed by atoms with Crippen LogP contribution in [0.5, 0.6) is 0 Å². The number of carbonyl (C=O) groups is 3. The van der Waals surface area contributed by atoms with E-state index in [0.717, 1.165) is 57.5 Å². The summed E-state index contributed by atoms with van der Waals surface area (Å²) in [6, 6.07) is 7.83. The lowest BCUT2D eigenvalue weighted by molar-refractivity contribution is -0.133. The van der Waals surface area contributed by atoms with E-state index in [1.165, 1.54) is 5.69 Å². The van der Waals surface area contributed by atoms with Crippen LogP contribution < -0.4 is 15.5 Å². The standard InChI is InChI=1S/C25H36N4O4/c1-24(2,3)33-23(32)29-16-12-25(13-17-29)10-14-28(15-11-25)19-6-4-18(5-7-19)26-20-8-9-21(30)27-22(20)31/h4-7,20,26H,8-17H2,1-3H3,(H,27,30,31). The molecule has 1 atom stereocenters. The van der Waals surface area contributed by atoms with E-state index < -0.39 is 5.60 Å². The summed E-state index contributed by atoms with van der Waals surface area (Å²) < 4.78 is 5.53. The molecule has 1 spiro atoms. The minimum atomic E-state index is -0.454. The second-order valence-electron chi connectivity index (χ2n) is 10.6. The predicted octanol–water partition coefficient (Wildman–Crippen LogP) is 3.52. The van der Waals surface area contributed by atoms with E-state index in [-0.39, 0.29) is 23.9 Å². The van der Waals surface area contributed by atoms with Crippen molar-refractivity contribution in [1.29, 1.82) is 0 Å². The van der Waals surface area contributed by atoms with Crippen molar-refractivity contribution in [2.45, 2.75) is 70.9 Å². The number of imide groups is 1. The fourth-order valence-corrected chi connectivity index (χ4v) is 5.03. The van der Waals surface area contributed by atoms with Gasteiger partial charge >= 0.3 is 6.09 Å². The topological polar surface area (TPSA) is 91.0 Å². The van der Waals surface area contributed by atoms with Crippen LogP contribution >= 0.6 is 0 Å². The molecule has 3 fully saturated rings. The van der Waals surface area contributed by atoms with Gasteiger partial charge in [0.1, 0.15) is 11.6 Å². The van der Waals surface area contributed by atoms with E-state index in [0.29, 0.717) is 18.3 Å². The van der Waals surface area contributed by atoms with E-state index in [2.05, 4.69) is 27.7 Å². The number of likely N-dealkylation sites (tertiary alicyclic amines) is 1. The Morgan fingerprint density at radius 2 is 1.64 bits per heavy atom. The Hall–Kier alpha value is -2.77. The van der Waals surface area contributed by atoms with E-state index in [1.807, 2.05) is 37.8 Å². The molecule has 0 saturated carbocycles. The summed E-state index contributed by atoms with van der Waals surface area (Å²) in [5, 5.41) is 5.61. The summed E-state index contributed by atoms with van der Waals surface area (Å²) in [6.45, 7) is 9.28. The summed E-state index contributed by atoms with van der Waals surface area (Å²) in [7, 11) is 0. The molecule has 0 radical (unpaired) electrons. The molecule has 2 N–H and O–H groups in total. The molecule has 1 unspecified atom stereocenters. The maximum absolute atomic E-state index is 12.4. The molecule has 1 aromatic rings. The Kier molecular flexibility index (Phi) is 6.54. The second-order valence-corrected chi connectivity index (χ2v) is 10.6. The Balaban J connectivity index is 1.26. The molecule has 0 aromatic heterocycles. The van der Waals surface area contributed by atoms with E-state index in [1.54, 1.807) is 0 Å². The Morgan fingerprint density at radius 1 is 1.03 bits per heavy atom. The van der Waals surface area contributed by atoms with Crippen LogP contribution in [0.1, 0.15) is 59.3 Å². The zero-order chi connectivity index (χ0) is 23.6. The molecule has 3 saturated heterocycles. The number of amides is 3. The molecule has 0 bridgehead atoms. The van der Waals surface area contributed by atoms with Gasteiger partial charge in [0.15, 0.2) is 0 Å². The van der Waals surface area contributed by atoms with Gasteiger partial charge in [0.05, 0.1) is 0 Å². The van der Waals surface area contributed by atoms with Gasteiger partial charge in [0.25, 0.3) is 0 Å². The highest BCUT2D eigenvalue weighted by atomic mass is 16.6.